The summed E-state index contributed by atoms with van der Waals surface area (Å²) in [5.41, 5.74) is -1.43. The third-order valence-electron chi connectivity index (χ3n) is 4.89. The molecule has 3 rings (SSSR count). The number of halogens is 1. The quantitative estimate of drug-likeness (QED) is 0.826. The summed E-state index contributed by atoms with van der Waals surface area (Å²) in [6.45, 7) is 1.32. The van der Waals surface area contributed by atoms with Crippen LogP contribution in [0.2, 0.25) is 0 Å². The van der Waals surface area contributed by atoms with E-state index in [9.17, 15) is 14.0 Å². The lowest BCUT2D eigenvalue weighted by atomic mass is 9.65. The van der Waals surface area contributed by atoms with Crippen molar-refractivity contribution >= 4 is 11.9 Å². The van der Waals surface area contributed by atoms with E-state index in [-0.39, 0.29) is 23.4 Å². The number of hydrogen-bond donors (Lipinski definition) is 1. The molecule has 112 valence electrons. The molecule has 0 aromatic rings. The van der Waals surface area contributed by atoms with Gasteiger partial charge >= 0.3 is 6.03 Å². The Labute approximate surface area is 118 Å². The van der Waals surface area contributed by atoms with Crippen molar-refractivity contribution in [3.8, 4) is 0 Å². The van der Waals surface area contributed by atoms with Crippen LogP contribution in [0.4, 0.5) is 9.18 Å². The highest BCUT2D eigenvalue weighted by molar-refractivity contribution is 5.88. The Kier molecular flexibility index (Phi) is 2.95. The van der Waals surface area contributed by atoms with E-state index in [1.54, 1.807) is 19.0 Å². The molecule has 0 unspecified atom stereocenters. The molecule has 3 amide bonds. The van der Waals surface area contributed by atoms with Crippen molar-refractivity contribution in [2.45, 2.75) is 43.8 Å². The van der Waals surface area contributed by atoms with Gasteiger partial charge in [-0.05, 0) is 37.5 Å². The first-order valence-corrected chi connectivity index (χ1v) is 7.30. The van der Waals surface area contributed by atoms with Crippen molar-refractivity contribution in [2.75, 3.05) is 27.2 Å². The van der Waals surface area contributed by atoms with Crippen LogP contribution in [-0.2, 0) is 4.79 Å². The predicted molar refractivity (Wildman–Crippen MR) is 71.9 cm³/mol. The average molecular weight is 283 g/mol. The molecular weight excluding hydrogens is 261 g/mol. The summed E-state index contributed by atoms with van der Waals surface area (Å²) in [5, 5.41) is 2.96. The maximum atomic E-state index is 13.8. The first kappa shape index (κ1) is 13.6. The second kappa shape index (κ2) is 4.33. The van der Waals surface area contributed by atoms with Crippen molar-refractivity contribution in [2.24, 2.45) is 5.41 Å². The van der Waals surface area contributed by atoms with Crippen LogP contribution in [0.3, 0.4) is 0 Å². The zero-order valence-electron chi connectivity index (χ0n) is 12.1. The van der Waals surface area contributed by atoms with Crippen LogP contribution in [0.5, 0.6) is 0 Å². The van der Waals surface area contributed by atoms with Gasteiger partial charge in [-0.25, -0.2) is 9.18 Å². The number of likely N-dealkylation sites (tertiary alicyclic amines) is 1. The van der Waals surface area contributed by atoms with Gasteiger partial charge in [0.1, 0.15) is 0 Å². The van der Waals surface area contributed by atoms with Gasteiger partial charge in [0.2, 0.25) is 0 Å². The molecule has 6 heteroatoms. The summed E-state index contributed by atoms with van der Waals surface area (Å²) in [4.78, 5) is 26.8. The molecule has 0 atom stereocenters. The van der Waals surface area contributed by atoms with E-state index in [1.807, 2.05) is 0 Å². The first-order chi connectivity index (χ1) is 9.34. The number of amides is 3. The van der Waals surface area contributed by atoms with E-state index in [0.29, 0.717) is 25.9 Å². The molecule has 1 aliphatic heterocycles. The first-order valence-electron chi connectivity index (χ1n) is 7.30. The van der Waals surface area contributed by atoms with Crippen LogP contribution in [-0.4, -0.2) is 60.6 Å². The fraction of sp³-hybridized carbons (Fsp3) is 0.857. The van der Waals surface area contributed by atoms with Crippen LogP contribution in [0.25, 0.3) is 0 Å². The minimum absolute atomic E-state index is 0.0727. The number of nitrogens with one attached hydrogen (secondary N) is 1. The Morgan fingerprint density at radius 3 is 2.45 bits per heavy atom. The molecule has 0 aromatic heterocycles. The summed E-state index contributed by atoms with van der Waals surface area (Å²) in [5.74, 6) is -0.310. The maximum absolute atomic E-state index is 13.8. The number of nitrogens with zero attached hydrogens (tertiary/aromatic N) is 2. The van der Waals surface area contributed by atoms with Gasteiger partial charge in [0, 0.05) is 33.2 Å². The second-order valence-corrected chi connectivity index (χ2v) is 6.89. The molecule has 2 aliphatic carbocycles. The van der Waals surface area contributed by atoms with Crippen molar-refractivity contribution in [1.29, 1.82) is 0 Å². The van der Waals surface area contributed by atoms with Crippen molar-refractivity contribution < 1.29 is 14.0 Å². The molecule has 3 fully saturated rings. The smallest absolute Gasteiger partial charge is 0.317 e. The highest BCUT2D eigenvalue weighted by Gasteiger charge is 2.57. The number of carbonyl (C=O) groups excluding carboxylic acids is 2. The maximum Gasteiger partial charge on any atom is 0.317 e. The molecule has 1 spiro atoms. The molecular formula is C14H22FN3O2. The molecule has 0 radical (unpaired) electrons. The molecule has 0 bridgehead atoms. The Bertz CT molecular complexity index is 442. The minimum atomic E-state index is -1.55. The van der Waals surface area contributed by atoms with Gasteiger partial charge in [-0.3, -0.25) is 4.79 Å². The van der Waals surface area contributed by atoms with Crippen LogP contribution >= 0.6 is 0 Å². The summed E-state index contributed by atoms with van der Waals surface area (Å²) in [6, 6.07) is 0.122. The molecule has 20 heavy (non-hydrogen) atoms. The van der Waals surface area contributed by atoms with Gasteiger partial charge in [0.25, 0.3) is 5.91 Å². The van der Waals surface area contributed by atoms with Crippen LogP contribution < -0.4 is 5.32 Å². The Hall–Kier alpha value is -1.33. The van der Waals surface area contributed by atoms with Crippen LogP contribution in [0, 0.1) is 5.41 Å². The molecule has 1 saturated heterocycles. The Morgan fingerprint density at radius 2 is 1.90 bits per heavy atom. The lowest BCUT2D eigenvalue weighted by Gasteiger charge is -2.45. The normalized spacial score (nSPS) is 33.8. The fourth-order valence-corrected chi connectivity index (χ4v) is 3.44. The minimum Gasteiger partial charge on any atom is -0.339 e. The highest BCUT2D eigenvalue weighted by atomic mass is 19.1. The van der Waals surface area contributed by atoms with E-state index >= 15 is 0 Å². The van der Waals surface area contributed by atoms with E-state index in [1.165, 1.54) is 4.90 Å². The SMILES string of the molecule is CN(C)C(=O)NC1CC2(CCN(C(=O)C3(F)CC3)C2)C1. The zero-order chi connectivity index (χ0) is 14.5. The Balaban J connectivity index is 1.49. The summed E-state index contributed by atoms with van der Waals surface area (Å²) < 4.78 is 13.8. The predicted octanol–water partition coefficient (Wildman–Crippen LogP) is 1.14. The zero-order valence-corrected chi connectivity index (χ0v) is 12.1. The van der Waals surface area contributed by atoms with E-state index in [2.05, 4.69) is 5.32 Å². The van der Waals surface area contributed by atoms with Gasteiger partial charge in [0.15, 0.2) is 5.67 Å². The third kappa shape index (κ3) is 2.25. The molecule has 0 aromatic carbocycles. The van der Waals surface area contributed by atoms with E-state index in [0.717, 1.165) is 19.3 Å². The molecule has 3 aliphatic rings. The van der Waals surface area contributed by atoms with Gasteiger partial charge in [0.05, 0.1) is 0 Å². The number of hydrogen-bond acceptors (Lipinski definition) is 2. The monoisotopic (exact) mass is 283 g/mol. The van der Waals surface area contributed by atoms with E-state index in [4.69, 9.17) is 0 Å². The van der Waals surface area contributed by atoms with Gasteiger partial charge in [-0.2, -0.15) is 0 Å². The number of urea groups is 1. The topological polar surface area (TPSA) is 52.7 Å². The lowest BCUT2D eigenvalue weighted by molar-refractivity contribution is -0.137. The van der Waals surface area contributed by atoms with Gasteiger partial charge < -0.3 is 15.1 Å². The van der Waals surface area contributed by atoms with Gasteiger partial charge in [-0.1, -0.05) is 0 Å². The summed E-state index contributed by atoms with van der Waals surface area (Å²) in [7, 11) is 3.44. The fourth-order valence-electron chi connectivity index (χ4n) is 3.44. The molecule has 1 N–H and O–H groups in total. The standard InChI is InChI=1S/C14H22FN3O2/c1-17(2)12(20)16-10-7-13(8-10)5-6-18(9-13)11(19)14(15)3-4-14/h10H,3-9H2,1-2H3,(H,16,20). The van der Waals surface area contributed by atoms with Crippen LogP contribution in [0.15, 0.2) is 0 Å². The second-order valence-electron chi connectivity index (χ2n) is 6.89. The van der Waals surface area contributed by atoms with Crippen molar-refractivity contribution in [3.63, 3.8) is 0 Å². The van der Waals surface area contributed by atoms with Crippen molar-refractivity contribution in [1.82, 2.24) is 15.1 Å². The average Bonchev–Trinajstić information content (AvgIpc) is 2.95. The summed E-state index contributed by atoms with van der Waals surface area (Å²) >= 11 is 0. The molecule has 2 saturated carbocycles. The van der Waals surface area contributed by atoms with Crippen LogP contribution in [0.1, 0.15) is 32.1 Å². The number of alkyl halides is 1. The molecule has 1 heterocycles. The highest BCUT2D eigenvalue weighted by Crippen LogP contribution is 2.50. The number of rotatable bonds is 2. The number of carbonyl (C=O) groups is 2. The Morgan fingerprint density at radius 1 is 1.25 bits per heavy atom. The lowest BCUT2D eigenvalue weighted by Crippen LogP contribution is -2.54. The molecule has 5 nitrogen and oxygen atoms in total. The summed E-state index contributed by atoms with van der Waals surface area (Å²) in [6.07, 6.45) is 3.50. The third-order valence-corrected chi connectivity index (χ3v) is 4.89. The van der Waals surface area contributed by atoms with Gasteiger partial charge in [-0.15, -0.1) is 0 Å². The largest absolute Gasteiger partial charge is 0.339 e. The van der Waals surface area contributed by atoms with Crippen molar-refractivity contribution in [3.05, 3.63) is 0 Å². The van der Waals surface area contributed by atoms with E-state index < -0.39 is 5.67 Å².